The van der Waals surface area contributed by atoms with E-state index in [2.05, 4.69) is 4.72 Å². The van der Waals surface area contributed by atoms with Crippen LogP contribution in [0.2, 0.25) is 0 Å². The number of aromatic hydroxyl groups is 1. The van der Waals surface area contributed by atoms with Gasteiger partial charge in [0.2, 0.25) is 0 Å². The summed E-state index contributed by atoms with van der Waals surface area (Å²) in [6.45, 7) is 5.79. The van der Waals surface area contributed by atoms with Crippen molar-refractivity contribution in [2.24, 2.45) is 0 Å². The average molecular weight is 333 g/mol. The van der Waals surface area contributed by atoms with E-state index in [1.807, 2.05) is 57.2 Å². The van der Waals surface area contributed by atoms with Gasteiger partial charge in [-0.3, -0.25) is 0 Å². The van der Waals surface area contributed by atoms with Gasteiger partial charge in [-0.05, 0) is 56.2 Å². The highest BCUT2D eigenvalue weighted by atomic mass is 32.2. The highest BCUT2D eigenvalue weighted by Gasteiger charge is 2.24. The Morgan fingerprint density at radius 1 is 1.00 bits per heavy atom. The number of hydrogen-bond donors (Lipinski definition) is 2. The van der Waals surface area contributed by atoms with Crippen molar-refractivity contribution in [1.29, 1.82) is 0 Å². The van der Waals surface area contributed by atoms with Gasteiger partial charge in [0.1, 0.15) is 11.5 Å². The summed E-state index contributed by atoms with van der Waals surface area (Å²) in [5, 5.41) is 9.49. The van der Waals surface area contributed by atoms with E-state index >= 15 is 0 Å². The quantitative estimate of drug-likeness (QED) is 0.880. The summed E-state index contributed by atoms with van der Waals surface area (Å²) in [7, 11) is 0.400. The Morgan fingerprint density at radius 3 is 1.91 bits per heavy atom. The zero-order valence-corrected chi connectivity index (χ0v) is 14.7. The Balaban J connectivity index is 2.37. The third-order valence-corrected chi connectivity index (χ3v) is 5.02. The minimum atomic E-state index is -1.22. The molecule has 0 aliphatic carbocycles. The largest absolute Gasteiger partial charge is 0.508 e. The van der Waals surface area contributed by atoms with E-state index in [1.165, 1.54) is 0 Å². The fourth-order valence-corrected chi connectivity index (χ4v) is 2.92. The van der Waals surface area contributed by atoms with Gasteiger partial charge >= 0.3 is 0 Å². The third kappa shape index (κ3) is 4.56. The highest BCUT2D eigenvalue weighted by molar-refractivity contribution is 7.84. The lowest BCUT2D eigenvalue weighted by molar-refractivity contribution is 0.414. The lowest BCUT2D eigenvalue weighted by Crippen LogP contribution is -2.36. The van der Waals surface area contributed by atoms with Crippen molar-refractivity contribution in [3.05, 3.63) is 59.7 Å². The molecular weight excluding hydrogens is 310 g/mol. The van der Waals surface area contributed by atoms with Gasteiger partial charge in [-0.1, -0.05) is 24.3 Å². The molecule has 0 radical (unpaired) electrons. The Morgan fingerprint density at radius 2 is 1.48 bits per heavy atom. The number of benzene rings is 2. The lowest BCUT2D eigenvalue weighted by Gasteiger charge is -2.25. The van der Waals surface area contributed by atoms with Gasteiger partial charge in [0.25, 0.3) is 0 Å². The maximum atomic E-state index is 12.5. The number of phenols is 1. The Kier molecular flexibility index (Phi) is 5.44. The van der Waals surface area contributed by atoms with Crippen LogP contribution in [-0.2, 0) is 11.0 Å². The maximum absolute atomic E-state index is 12.5. The van der Waals surface area contributed by atoms with Crippen molar-refractivity contribution in [3.63, 3.8) is 0 Å². The zero-order valence-electron chi connectivity index (χ0n) is 13.9. The fourth-order valence-electron chi connectivity index (χ4n) is 2.08. The first-order chi connectivity index (χ1) is 10.8. The maximum Gasteiger partial charge on any atom is 0.118 e. The molecule has 0 heterocycles. The van der Waals surface area contributed by atoms with Gasteiger partial charge < -0.3 is 9.84 Å². The van der Waals surface area contributed by atoms with E-state index in [0.717, 1.165) is 16.9 Å². The van der Waals surface area contributed by atoms with Crippen LogP contribution < -0.4 is 9.46 Å². The van der Waals surface area contributed by atoms with Crippen LogP contribution in [0.1, 0.15) is 37.9 Å². The average Bonchev–Trinajstić information content (AvgIpc) is 2.52. The molecule has 0 fully saturated rings. The molecule has 0 saturated carbocycles. The number of nitrogens with one attached hydrogen (secondary N) is 1. The van der Waals surface area contributed by atoms with Crippen molar-refractivity contribution >= 4 is 11.0 Å². The Hall–Kier alpha value is -1.85. The first-order valence-electron chi connectivity index (χ1n) is 7.42. The molecule has 0 aliphatic rings. The summed E-state index contributed by atoms with van der Waals surface area (Å²) in [6.07, 6.45) is 0. The summed E-state index contributed by atoms with van der Waals surface area (Å²) in [6, 6.07) is 14.3. The SMILES string of the molecule is COc1ccc([C@@H](NS(=O)C(C)(C)C)c2ccc(O)cc2)cc1. The van der Waals surface area contributed by atoms with E-state index in [4.69, 9.17) is 4.74 Å². The molecule has 0 spiro atoms. The molecule has 2 aromatic carbocycles. The minimum absolute atomic E-state index is 0.208. The molecule has 124 valence electrons. The van der Waals surface area contributed by atoms with Crippen LogP contribution >= 0.6 is 0 Å². The monoisotopic (exact) mass is 333 g/mol. The number of ether oxygens (including phenoxy) is 1. The van der Waals surface area contributed by atoms with Crippen LogP contribution in [0, 0.1) is 0 Å². The van der Waals surface area contributed by atoms with Crippen molar-refractivity contribution in [2.45, 2.75) is 31.6 Å². The van der Waals surface area contributed by atoms with Gasteiger partial charge in [0, 0.05) is 0 Å². The molecule has 2 atom stereocenters. The van der Waals surface area contributed by atoms with Crippen LogP contribution in [0.15, 0.2) is 48.5 Å². The van der Waals surface area contributed by atoms with Crippen molar-refractivity contribution in [3.8, 4) is 11.5 Å². The summed E-state index contributed by atoms with van der Waals surface area (Å²) >= 11 is 0. The minimum Gasteiger partial charge on any atom is -0.508 e. The lowest BCUT2D eigenvalue weighted by atomic mass is 9.99. The fraction of sp³-hybridized carbons (Fsp3) is 0.333. The topological polar surface area (TPSA) is 58.6 Å². The standard InChI is InChI=1S/C18H23NO3S/c1-18(2,3)23(21)19-17(13-5-9-15(20)10-6-13)14-7-11-16(22-4)12-8-14/h5-12,17,19-20H,1-4H3/t17-,23?/m0/s1. The molecule has 0 amide bonds. The second kappa shape index (κ2) is 7.15. The van der Waals surface area contributed by atoms with Crippen molar-refractivity contribution in [1.82, 2.24) is 4.72 Å². The molecule has 23 heavy (non-hydrogen) atoms. The van der Waals surface area contributed by atoms with Gasteiger partial charge in [-0.25, -0.2) is 8.93 Å². The van der Waals surface area contributed by atoms with E-state index in [0.29, 0.717) is 0 Å². The molecule has 2 aromatic rings. The molecule has 2 N–H and O–H groups in total. The second-order valence-corrected chi connectivity index (χ2v) is 8.29. The zero-order chi connectivity index (χ0) is 17.0. The number of rotatable bonds is 5. The normalized spacial score (nSPS) is 14.3. The first-order valence-corrected chi connectivity index (χ1v) is 8.57. The van der Waals surface area contributed by atoms with Crippen molar-refractivity contribution in [2.75, 3.05) is 7.11 Å². The molecule has 4 nitrogen and oxygen atoms in total. The van der Waals surface area contributed by atoms with Crippen LogP contribution in [0.4, 0.5) is 0 Å². The number of phenolic OH excluding ortho intramolecular Hbond substituents is 1. The molecule has 0 bridgehead atoms. The summed E-state index contributed by atoms with van der Waals surface area (Å²) in [5.41, 5.74) is 1.92. The van der Waals surface area contributed by atoms with E-state index < -0.39 is 11.0 Å². The Bertz CT molecular complexity index is 660. The van der Waals surface area contributed by atoms with E-state index in [9.17, 15) is 9.32 Å². The van der Waals surface area contributed by atoms with Crippen LogP contribution in [0.25, 0.3) is 0 Å². The number of hydrogen-bond acceptors (Lipinski definition) is 3. The molecule has 2 rings (SSSR count). The summed E-state index contributed by atoms with van der Waals surface area (Å²) in [4.78, 5) is 0. The second-order valence-electron chi connectivity index (χ2n) is 6.30. The smallest absolute Gasteiger partial charge is 0.118 e. The van der Waals surface area contributed by atoms with Gasteiger partial charge in [-0.15, -0.1) is 0 Å². The highest BCUT2D eigenvalue weighted by Crippen LogP contribution is 2.27. The number of methoxy groups -OCH3 is 1. The van der Waals surface area contributed by atoms with E-state index in [1.54, 1.807) is 19.2 Å². The predicted molar refractivity (Wildman–Crippen MR) is 94.0 cm³/mol. The van der Waals surface area contributed by atoms with Gasteiger partial charge in [0.15, 0.2) is 0 Å². The van der Waals surface area contributed by atoms with E-state index in [-0.39, 0.29) is 16.5 Å². The van der Waals surface area contributed by atoms with Gasteiger partial charge in [-0.2, -0.15) is 0 Å². The van der Waals surface area contributed by atoms with Crippen molar-refractivity contribution < 1.29 is 14.1 Å². The molecule has 5 heteroatoms. The molecule has 0 aliphatic heterocycles. The Labute approximate surface area is 140 Å². The van der Waals surface area contributed by atoms with Crippen LogP contribution in [0.5, 0.6) is 11.5 Å². The molecular formula is C18H23NO3S. The van der Waals surface area contributed by atoms with Crippen LogP contribution in [0.3, 0.4) is 0 Å². The first kappa shape index (κ1) is 17.5. The molecule has 0 aromatic heterocycles. The van der Waals surface area contributed by atoms with Crippen LogP contribution in [-0.4, -0.2) is 21.2 Å². The molecule has 1 unspecified atom stereocenters. The third-order valence-electron chi connectivity index (χ3n) is 3.46. The predicted octanol–water partition coefficient (Wildman–Crippen LogP) is 3.54. The molecule has 0 saturated heterocycles. The van der Waals surface area contributed by atoms with Gasteiger partial charge in [0.05, 0.1) is 28.9 Å². The summed E-state index contributed by atoms with van der Waals surface area (Å²) in [5.74, 6) is 0.981. The summed E-state index contributed by atoms with van der Waals surface area (Å²) < 4.78 is 20.6.